The van der Waals surface area contributed by atoms with Crippen molar-refractivity contribution in [2.45, 2.75) is 57.2 Å². The zero-order valence-electron chi connectivity index (χ0n) is 21.8. The monoisotopic (exact) mass is 578 g/mol. The van der Waals surface area contributed by atoms with E-state index in [1.807, 2.05) is 66.7 Å². The van der Waals surface area contributed by atoms with Crippen molar-refractivity contribution < 1.29 is 19.1 Å². The van der Waals surface area contributed by atoms with E-state index in [4.69, 9.17) is 9.47 Å². The summed E-state index contributed by atoms with van der Waals surface area (Å²) < 4.78 is 12.2. The van der Waals surface area contributed by atoms with Crippen LogP contribution in [0.1, 0.15) is 43.2 Å². The Bertz CT molecular complexity index is 1180. The van der Waals surface area contributed by atoms with Gasteiger partial charge in [-0.3, -0.25) is 9.59 Å². The maximum Gasteiger partial charge on any atom is 0.261 e. The number of methoxy groups -OCH3 is 1. The summed E-state index contributed by atoms with van der Waals surface area (Å²) in [5.74, 6) is 0.914. The molecule has 0 aromatic heterocycles. The molecular weight excluding hydrogens is 544 g/mol. The number of hydrogen-bond acceptors (Lipinski definition) is 4. The van der Waals surface area contributed by atoms with Crippen LogP contribution in [0.2, 0.25) is 0 Å². The maximum absolute atomic E-state index is 13.8. The summed E-state index contributed by atoms with van der Waals surface area (Å²) in [6.45, 7) is 0.0862. The SMILES string of the molecule is COc1cccc(CN(C(=O)COc2ccc(Br)cc2)C(Cc2ccccc2)C(=O)NC2CCCCC2)c1. The van der Waals surface area contributed by atoms with Crippen LogP contribution < -0.4 is 14.8 Å². The van der Waals surface area contributed by atoms with Crippen LogP contribution in [0, 0.1) is 0 Å². The normalized spacial score (nSPS) is 14.4. The molecule has 1 aliphatic rings. The lowest BCUT2D eigenvalue weighted by Crippen LogP contribution is -2.53. The van der Waals surface area contributed by atoms with Gasteiger partial charge in [-0.1, -0.05) is 77.7 Å². The summed E-state index contributed by atoms with van der Waals surface area (Å²) in [7, 11) is 1.61. The lowest BCUT2D eigenvalue weighted by molar-refractivity contribution is -0.143. The first-order chi connectivity index (χ1) is 18.5. The van der Waals surface area contributed by atoms with E-state index >= 15 is 0 Å². The molecule has 1 saturated carbocycles. The number of carbonyl (C=O) groups excluding carboxylic acids is 2. The third-order valence-electron chi connectivity index (χ3n) is 6.89. The van der Waals surface area contributed by atoms with Crippen LogP contribution in [0.4, 0.5) is 0 Å². The molecule has 0 heterocycles. The largest absolute Gasteiger partial charge is 0.497 e. The molecule has 7 heteroatoms. The fraction of sp³-hybridized carbons (Fsp3) is 0.355. The zero-order chi connectivity index (χ0) is 26.7. The average molecular weight is 580 g/mol. The molecule has 6 nitrogen and oxygen atoms in total. The van der Waals surface area contributed by atoms with Gasteiger partial charge in [-0.05, 0) is 60.4 Å². The molecule has 38 heavy (non-hydrogen) atoms. The summed E-state index contributed by atoms with van der Waals surface area (Å²) in [5.41, 5.74) is 1.87. The van der Waals surface area contributed by atoms with Crippen molar-refractivity contribution in [2.24, 2.45) is 0 Å². The van der Waals surface area contributed by atoms with E-state index < -0.39 is 6.04 Å². The van der Waals surface area contributed by atoms with Crippen molar-refractivity contribution in [3.8, 4) is 11.5 Å². The van der Waals surface area contributed by atoms with Crippen LogP contribution in [0.5, 0.6) is 11.5 Å². The Morgan fingerprint density at radius 2 is 1.63 bits per heavy atom. The molecule has 0 saturated heterocycles. The van der Waals surface area contributed by atoms with Gasteiger partial charge in [0.2, 0.25) is 5.91 Å². The van der Waals surface area contributed by atoms with Crippen molar-refractivity contribution >= 4 is 27.7 Å². The zero-order valence-corrected chi connectivity index (χ0v) is 23.4. The number of carbonyl (C=O) groups is 2. The van der Waals surface area contributed by atoms with Gasteiger partial charge in [-0.2, -0.15) is 0 Å². The molecular formula is C31H35BrN2O4. The molecule has 3 aromatic carbocycles. The second kappa shape index (κ2) is 14.0. The Kier molecular flexibility index (Phi) is 10.2. The maximum atomic E-state index is 13.8. The topological polar surface area (TPSA) is 67.9 Å². The Balaban J connectivity index is 1.61. The van der Waals surface area contributed by atoms with E-state index in [-0.39, 0.29) is 31.0 Å². The van der Waals surface area contributed by atoms with Crippen LogP contribution >= 0.6 is 15.9 Å². The molecule has 1 aliphatic carbocycles. The van der Waals surface area contributed by atoms with E-state index in [2.05, 4.69) is 21.2 Å². The lowest BCUT2D eigenvalue weighted by Gasteiger charge is -2.33. The fourth-order valence-corrected chi connectivity index (χ4v) is 5.09. The minimum Gasteiger partial charge on any atom is -0.497 e. The molecule has 0 spiro atoms. The molecule has 1 unspecified atom stereocenters. The Morgan fingerprint density at radius 1 is 0.921 bits per heavy atom. The van der Waals surface area contributed by atoms with Crippen molar-refractivity contribution in [3.63, 3.8) is 0 Å². The highest BCUT2D eigenvalue weighted by Gasteiger charge is 2.32. The first kappa shape index (κ1) is 27.7. The molecule has 0 radical (unpaired) electrons. The van der Waals surface area contributed by atoms with E-state index in [1.165, 1.54) is 6.42 Å². The number of benzene rings is 3. The van der Waals surface area contributed by atoms with Gasteiger partial charge >= 0.3 is 0 Å². The van der Waals surface area contributed by atoms with E-state index in [0.29, 0.717) is 17.9 Å². The fourth-order valence-electron chi connectivity index (χ4n) is 4.82. The Morgan fingerprint density at radius 3 is 2.34 bits per heavy atom. The first-order valence-electron chi connectivity index (χ1n) is 13.2. The summed E-state index contributed by atoms with van der Waals surface area (Å²) in [6.07, 6.45) is 5.78. The number of halogens is 1. The molecule has 4 rings (SSSR count). The Labute approximate surface area is 233 Å². The van der Waals surface area contributed by atoms with Gasteiger partial charge in [0.15, 0.2) is 6.61 Å². The third-order valence-corrected chi connectivity index (χ3v) is 7.41. The van der Waals surface area contributed by atoms with Gasteiger partial charge in [-0.25, -0.2) is 0 Å². The molecule has 200 valence electrons. The highest BCUT2D eigenvalue weighted by Crippen LogP contribution is 2.22. The average Bonchev–Trinajstić information content (AvgIpc) is 2.95. The smallest absolute Gasteiger partial charge is 0.261 e. The van der Waals surface area contributed by atoms with Crippen LogP contribution in [0.15, 0.2) is 83.3 Å². The van der Waals surface area contributed by atoms with Gasteiger partial charge < -0.3 is 19.7 Å². The highest BCUT2D eigenvalue weighted by atomic mass is 79.9. The molecule has 3 aromatic rings. The van der Waals surface area contributed by atoms with E-state index in [0.717, 1.165) is 41.3 Å². The van der Waals surface area contributed by atoms with Crippen molar-refractivity contribution in [1.82, 2.24) is 10.2 Å². The van der Waals surface area contributed by atoms with Crippen LogP contribution in [0.3, 0.4) is 0 Å². The number of nitrogens with zero attached hydrogens (tertiary/aromatic N) is 1. The van der Waals surface area contributed by atoms with E-state index in [1.54, 1.807) is 24.1 Å². The number of amides is 2. The van der Waals surface area contributed by atoms with Crippen molar-refractivity contribution in [1.29, 1.82) is 0 Å². The summed E-state index contributed by atoms with van der Waals surface area (Å²) in [6, 6.07) is 24.2. The van der Waals surface area contributed by atoms with Gasteiger partial charge in [0.05, 0.1) is 7.11 Å². The van der Waals surface area contributed by atoms with Crippen molar-refractivity contribution in [3.05, 3.63) is 94.5 Å². The third kappa shape index (κ3) is 8.09. The highest BCUT2D eigenvalue weighted by molar-refractivity contribution is 9.10. The van der Waals surface area contributed by atoms with Crippen LogP contribution in [0.25, 0.3) is 0 Å². The van der Waals surface area contributed by atoms with Crippen LogP contribution in [-0.2, 0) is 22.6 Å². The summed E-state index contributed by atoms with van der Waals surface area (Å²) in [4.78, 5) is 29.2. The molecule has 1 fully saturated rings. The molecule has 0 bridgehead atoms. The number of ether oxygens (including phenoxy) is 2. The van der Waals surface area contributed by atoms with Gasteiger partial charge in [0, 0.05) is 23.5 Å². The number of hydrogen-bond donors (Lipinski definition) is 1. The second-order valence-corrected chi connectivity index (χ2v) is 10.6. The molecule has 0 aliphatic heterocycles. The first-order valence-corrected chi connectivity index (χ1v) is 14.0. The number of nitrogens with one attached hydrogen (secondary N) is 1. The lowest BCUT2D eigenvalue weighted by atomic mass is 9.94. The summed E-state index contributed by atoms with van der Waals surface area (Å²) in [5, 5.41) is 3.26. The van der Waals surface area contributed by atoms with Gasteiger partial charge in [0.1, 0.15) is 17.5 Å². The minimum absolute atomic E-state index is 0.124. The van der Waals surface area contributed by atoms with Crippen LogP contribution in [-0.4, -0.2) is 42.5 Å². The molecule has 2 amide bonds. The quantitative estimate of drug-likeness (QED) is 0.306. The number of rotatable bonds is 11. The minimum atomic E-state index is -0.688. The summed E-state index contributed by atoms with van der Waals surface area (Å²) >= 11 is 3.42. The predicted molar refractivity (Wildman–Crippen MR) is 152 cm³/mol. The standard InChI is InChI=1S/C31H35BrN2O4/c1-37-28-14-8-11-24(19-28)21-34(30(35)22-38-27-17-15-25(32)16-18-27)29(20-23-9-4-2-5-10-23)31(36)33-26-12-6-3-7-13-26/h2,4-5,8-11,14-19,26,29H,3,6-7,12-13,20-22H2,1H3,(H,33,36). The van der Waals surface area contributed by atoms with E-state index in [9.17, 15) is 9.59 Å². The molecule has 1 atom stereocenters. The van der Waals surface area contributed by atoms with Gasteiger partial charge in [-0.15, -0.1) is 0 Å². The van der Waals surface area contributed by atoms with Gasteiger partial charge in [0.25, 0.3) is 5.91 Å². The van der Waals surface area contributed by atoms with Crippen molar-refractivity contribution in [2.75, 3.05) is 13.7 Å². The second-order valence-electron chi connectivity index (χ2n) is 9.66. The Hall–Kier alpha value is -3.32. The molecule has 1 N–H and O–H groups in total. The predicted octanol–water partition coefficient (Wildman–Crippen LogP) is 5.93.